The molecule has 1 aromatic heterocycles. The molecule has 2 aliphatic heterocycles. The minimum absolute atomic E-state index is 0.0114. The second kappa shape index (κ2) is 8.74. The second-order valence-corrected chi connectivity index (χ2v) is 8.90. The van der Waals surface area contributed by atoms with Crippen molar-refractivity contribution < 1.29 is 19.4 Å². The van der Waals surface area contributed by atoms with Gasteiger partial charge in [-0.05, 0) is 42.7 Å². The number of aromatic amines is 1. The van der Waals surface area contributed by atoms with Gasteiger partial charge in [0.05, 0.1) is 13.3 Å². The number of ether oxygens (including phenoxy) is 1. The fourth-order valence-corrected chi connectivity index (χ4v) is 5.05. The van der Waals surface area contributed by atoms with Crippen LogP contribution in [0.2, 0.25) is 0 Å². The van der Waals surface area contributed by atoms with E-state index in [1.807, 2.05) is 59.6 Å². The average molecular weight is 462 g/mol. The van der Waals surface area contributed by atoms with Gasteiger partial charge in [-0.1, -0.05) is 18.2 Å². The molecule has 3 N–H and O–H groups in total. The Hall–Kier alpha value is -4.01. The highest BCUT2D eigenvalue weighted by atomic mass is 16.5. The monoisotopic (exact) mass is 461 g/mol. The van der Waals surface area contributed by atoms with Gasteiger partial charge in [-0.2, -0.15) is 5.10 Å². The van der Waals surface area contributed by atoms with Crippen LogP contribution in [0.15, 0.2) is 60.9 Å². The molecule has 9 heteroatoms. The molecule has 3 heterocycles. The van der Waals surface area contributed by atoms with E-state index in [9.17, 15) is 14.7 Å². The summed E-state index contributed by atoms with van der Waals surface area (Å²) in [6.07, 6.45) is 3.89. The maximum absolute atomic E-state index is 13.8. The summed E-state index contributed by atoms with van der Waals surface area (Å²) in [5.41, 5.74) is 3.24. The van der Waals surface area contributed by atoms with Crippen molar-refractivity contribution in [3.63, 3.8) is 0 Å². The van der Waals surface area contributed by atoms with Crippen LogP contribution in [0.5, 0.6) is 5.75 Å². The van der Waals surface area contributed by atoms with Crippen LogP contribution in [0.3, 0.4) is 0 Å². The number of rotatable bonds is 5. The van der Waals surface area contributed by atoms with E-state index < -0.39 is 12.1 Å². The molecular formula is C25H27N5O4. The van der Waals surface area contributed by atoms with Crippen molar-refractivity contribution in [2.45, 2.75) is 18.9 Å². The topological polar surface area (TPSA) is 111 Å². The van der Waals surface area contributed by atoms with E-state index in [4.69, 9.17) is 4.74 Å². The third-order valence-corrected chi connectivity index (χ3v) is 7.02. The van der Waals surface area contributed by atoms with Crippen LogP contribution in [0, 0.1) is 5.41 Å². The van der Waals surface area contributed by atoms with Crippen LogP contribution in [-0.2, 0) is 4.79 Å². The number of amides is 2. The molecule has 1 spiro atoms. The number of aromatic nitrogens is 2. The van der Waals surface area contributed by atoms with Crippen molar-refractivity contribution >= 4 is 23.4 Å². The first-order valence-corrected chi connectivity index (χ1v) is 11.3. The summed E-state index contributed by atoms with van der Waals surface area (Å²) in [5.74, 6) is 0.694. The Bertz CT molecular complexity index is 1170. The molecule has 0 bridgehead atoms. The lowest BCUT2D eigenvalue weighted by molar-refractivity contribution is -0.118. The number of likely N-dealkylation sites (tertiary alicyclic amines) is 1. The SMILES string of the molecule is COc1cccc(NC2C(=O)N(c3ccc(-c4cn[nH]c4)cc3)CC23CCN(C(=O)O)CC3)c1. The van der Waals surface area contributed by atoms with Crippen molar-refractivity contribution in [2.75, 3.05) is 37.0 Å². The first kappa shape index (κ1) is 21.8. The van der Waals surface area contributed by atoms with Crippen LogP contribution in [0.4, 0.5) is 16.2 Å². The van der Waals surface area contributed by atoms with Gasteiger partial charge in [-0.3, -0.25) is 9.89 Å². The number of hydrogen-bond donors (Lipinski definition) is 3. The number of carboxylic acid groups (broad SMARTS) is 1. The third-order valence-electron chi connectivity index (χ3n) is 7.02. The molecule has 34 heavy (non-hydrogen) atoms. The van der Waals surface area contributed by atoms with Gasteiger partial charge in [-0.25, -0.2) is 4.79 Å². The number of nitrogens with one attached hydrogen (secondary N) is 2. The number of hydrogen-bond acceptors (Lipinski definition) is 5. The van der Waals surface area contributed by atoms with Gasteiger partial charge in [0, 0.05) is 54.3 Å². The maximum atomic E-state index is 13.8. The summed E-state index contributed by atoms with van der Waals surface area (Å²) >= 11 is 0. The Balaban J connectivity index is 1.44. The van der Waals surface area contributed by atoms with Gasteiger partial charge in [0.25, 0.3) is 0 Å². The molecule has 0 radical (unpaired) electrons. The van der Waals surface area contributed by atoms with Gasteiger partial charge < -0.3 is 25.0 Å². The normalized spacial score (nSPS) is 19.4. The van der Waals surface area contributed by atoms with Gasteiger partial charge in [-0.15, -0.1) is 0 Å². The van der Waals surface area contributed by atoms with E-state index in [2.05, 4.69) is 15.5 Å². The van der Waals surface area contributed by atoms with Crippen LogP contribution in [0.1, 0.15) is 12.8 Å². The number of carbonyl (C=O) groups excluding carboxylic acids is 1. The predicted molar refractivity (Wildman–Crippen MR) is 128 cm³/mol. The lowest BCUT2D eigenvalue weighted by atomic mass is 9.74. The van der Waals surface area contributed by atoms with E-state index >= 15 is 0 Å². The third kappa shape index (κ3) is 3.93. The minimum atomic E-state index is -0.914. The van der Waals surface area contributed by atoms with Crippen LogP contribution in [-0.4, -0.2) is 65.0 Å². The Kier molecular flexibility index (Phi) is 5.61. The minimum Gasteiger partial charge on any atom is -0.497 e. The molecule has 3 aromatic rings. The summed E-state index contributed by atoms with van der Waals surface area (Å²) in [4.78, 5) is 28.5. The molecule has 2 aromatic carbocycles. The van der Waals surface area contributed by atoms with Crippen LogP contribution in [0.25, 0.3) is 11.1 Å². The fourth-order valence-electron chi connectivity index (χ4n) is 5.05. The highest BCUT2D eigenvalue weighted by molar-refractivity contribution is 6.02. The summed E-state index contributed by atoms with van der Waals surface area (Å²) < 4.78 is 5.34. The van der Waals surface area contributed by atoms with Crippen molar-refractivity contribution in [1.29, 1.82) is 0 Å². The zero-order valence-corrected chi connectivity index (χ0v) is 18.9. The van der Waals surface area contributed by atoms with E-state index in [0.717, 1.165) is 22.5 Å². The Morgan fingerprint density at radius 1 is 1.18 bits per heavy atom. The van der Waals surface area contributed by atoms with E-state index in [1.54, 1.807) is 13.3 Å². The number of anilines is 2. The Morgan fingerprint density at radius 2 is 1.94 bits per heavy atom. The summed E-state index contributed by atoms with van der Waals surface area (Å²) in [5, 5.41) is 19.7. The zero-order chi connectivity index (χ0) is 23.7. The number of methoxy groups -OCH3 is 1. The van der Waals surface area contributed by atoms with Gasteiger partial charge in [0.2, 0.25) is 5.91 Å². The molecule has 2 saturated heterocycles. The summed E-state index contributed by atoms with van der Waals surface area (Å²) in [6.45, 7) is 1.35. The molecule has 0 saturated carbocycles. The quantitative estimate of drug-likeness (QED) is 0.535. The fraction of sp³-hybridized carbons (Fsp3) is 0.320. The average Bonchev–Trinajstić information content (AvgIpc) is 3.49. The number of H-pyrrole nitrogens is 1. The molecule has 1 atom stereocenters. The van der Waals surface area contributed by atoms with Gasteiger partial charge in [0.1, 0.15) is 11.8 Å². The van der Waals surface area contributed by atoms with Crippen LogP contribution < -0.4 is 15.0 Å². The first-order valence-electron chi connectivity index (χ1n) is 11.3. The number of carbonyl (C=O) groups is 2. The van der Waals surface area contributed by atoms with Crippen molar-refractivity contribution in [1.82, 2.24) is 15.1 Å². The van der Waals surface area contributed by atoms with Crippen molar-refractivity contribution in [3.05, 3.63) is 60.9 Å². The largest absolute Gasteiger partial charge is 0.497 e. The van der Waals surface area contributed by atoms with Crippen molar-refractivity contribution in [2.24, 2.45) is 5.41 Å². The number of piperidine rings is 1. The van der Waals surface area contributed by atoms with E-state index in [1.165, 1.54) is 4.90 Å². The first-order chi connectivity index (χ1) is 16.5. The number of benzene rings is 2. The van der Waals surface area contributed by atoms with Crippen molar-refractivity contribution in [3.8, 4) is 16.9 Å². The molecule has 176 valence electrons. The van der Waals surface area contributed by atoms with Crippen LogP contribution >= 0.6 is 0 Å². The lowest BCUT2D eigenvalue weighted by Crippen LogP contribution is -2.50. The molecule has 1 unspecified atom stereocenters. The zero-order valence-electron chi connectivity index (χ0n) is 18.9. The van der Waals surface area contributed by atoms with Gasteiger partial charge in [0.15, 0.2) is 0 Å². The maximum Gasteiger partial charge on any atom is 0.407 e. The van der Waals surface area contributed by atoms with E-state index in [0.29, 0.717) is 38.2 Å². The summed E-state index contributed by atoms with van der Waals surface area (Å²) in [6, 6.07) is 14.9. The smallest absolute Gasteiger partial charge is 0.407 e. The predicted octanol–water partition coefficient (Wildman–Crippen LogP) is 3.67. The van der Waals surface area contributed by atoms with Gasteiger partial charge >= 0.3 is 6.09 Å². The highest BCUT2D eigenvalue weighted by Crippen LogP contribution is 2.44. The summed E-state index contributed by atoms with van der Waals surface area (Å²) in [7, 11) is 1.61. The lowest BCUT2D eigenvalue weighted by Gasteiger charge is -2.41. The Morgan fingerprint density at radius 3 is 2.59 bits per heavy atom. The Labute approximate surface area is 197 Å². The molecular weight excluding hydrogens is 434 g/mol. The number of nitrogens with zero attached hydrogens (tertiary/aromatic N) is 3. The van der Waals surface area contributed by atoms with E-state index in [-0.39, 0.29) is 11.3 Å². The molecule has 2 aliphatic rings. The molecule has 2 amide bonds. The highest BCUT2D eigenvalue weighted by Gasteiger charge is 2.54. The molecule has 9 nitrogen and oxygen atoms in total. The standard InChI is InChI=1S/C25H27N5O4/c1-34-21-4-2-3-19(13-21)28-22-23(31)30(16-25(22)9-11-29(12-10-25)24(32)33)20-7-5-17(6-8-20)18-14-26-27-15-18/h2-8,13-15,22,28H,9-12,16H2,1H3,(H,26,27)(H,32,33). The molecule has 2 fully saturated rings. The molecule has 0 aliphatic carbocycles. The second-order valence-electron chi connectivity index (χ2n) is 8.90. The molecule has 5 rings (SSSR count).